The van der Waals surface area contributed by atoms with E-state index in [0.717, 1.165) is 77.0 Å². The monoisotopic (exact) mass is 905 g/mol. The highest BCUT2D eigenvalue weighted by Gasteiger charge is 2.51. The Hall–Kier alpha value is -3.69. The number of hydrogen-bond acceptors (Lipinski definition) is 9. The fraction of sp³-hybridized carbons (Fsp3) is 0.560. The van der Waals surface area contributed by atoms with Crippen LogP contribution in [0.15, 0.2) is 84.9 Å². The summed E-state index contributed by atoms with van der Waals surface area (Å²) >= 11 is 0. The number of carbonyl (C=O) groups excluding carboxylic acids is 2. The first-order chi connectivity index (χ1) is 30.0. The van der Waals surface area contributed by atoms with E-state index in [4.69, 9.17) is 18.1 Å². The van der Waals surface area contributed by atoms with Gasteiger partial charge in [0.05, 0.1) is 6.61 Å². The molecule has 1 amide bonds. The molecule has 1 saturated heterocycles. The number of carbonyl (C=O) groups is 2. The minimum absolute atomic E-state index is 0.0389. The topological polar surface area (TPSA) is 158 Å². The third-order valence-corrected chi connectivity index (χ3v) is 17.7. The summed E-state index contributed by atoms with van der Waals surface area (Å²) in [5.41, 5.74) is 2.65. The van der Waals surface area contributed by atoms with Crippen molar-refractivity contribution in [3.8, 4) is 0 Å². The lowest BCUT2D eigenvalue weighted by Gasteiger charge is -2.45. The van der Waals surface area contributed by atoms with Gasteiger partial charge in [0.2, 0.25) is 5.91 Å². The van der Waals surface area contributed by atoms with Crippen molar-refractivity contribution in [2.24, 2.45) is 0 Å². The maximum atomic E-state index is 13.4. The smallest absolute Gasteiger partial charge is 0.397 e. The van der Waals surface area contributed by atoms with Crippen molar-refractivity contribution in [2.75, 3.05) is 6.61 Å². The average Bonchev–Trinajstić information content (AvgIpc) is 3.23. The maximum Gasteiger partial charge on any atom is 0.397 e. The van der Waals surface area contributed by atoms with Crippen molar-refractivity contribution in [1.29, 1.82) is 0 Å². The Kier molecular flexibility index (Phi) is 19.2. The zero-order chi connectivity index (χ0) is 45.5. The summed E-state index contributed by atoms with van der Waals surface area (Å²) < 4.78 is 57.6. The number of ether oxygens (including phenoxy) is 2. The molecule has 1 aliphatic heterocycles. The van der Waals surface area contributed by atoms with Crippen molar-refractivity contribution in [3.63, 3.8) is 0 Å². The molecule has 0 radical (unpaired) electrons. The highest BCUT2D eigenvalue weighted by Crippen LogP contribution is 2.38. The number of rotatable bonds is 25. The van der Waals surface area contributed by atoms with Crippen molar-refractivity contribution in [3.05, 3.63) is 96.1 Å². The highest BCUT2D eigenvalue weighted by molar-refractivity contribution is 7.80. The Morgan fingerprint density at radius 2 is 1.16 bits per heavy atom. The molecule has 4 aromatic rings. The number of amides is 1. The second-order valence-electron chi connectivity index (χ2n) is 18.8. The first kappa shape index (κ1) is 50.3. The Morgan fingerprint density at radius 1 is 0.683 bits per heavy atom. The van der Waals surface area contributed by atoms with Gasteiger partial charge >= 0.3 is 16.4 Å². The van der Waals surface area contributed by atoms with Crippen LogP contribution in [-0.4, -0.2) is 75.5 Å². The third-order valence-electron chi connectivity index (χ3n) is 12.8. The molecule has 0 aromatic heterocycles. The largest absolute Gasteiger partial charge is 0.457 e. The molecule has 13 heteroatoms. The number of fused-ring (bicyclic) bond motifs is 2. The molecule has 4 aromatic carbocycles. The molecule has 0 bridgehead atoms. The molecule has 63 heavy (non-hydrogen) atoms. The fourth-order valence-corrected chi connectivity index (χ4v) is 9.52. The number of benzene rings is 4. The highest BCUT2D eigenvalue weighted by atomic mass is 32.3. The summed E-state index contributed by atoms with van der Waals surface area (Å²) in [6.07, 6.45) is 7.20. The Labute approximate surface area is 376 Å². The molecule has 5 atom stereocenters. The molecule has 346 valence electrons. The minimum atomic E-state index is -5.10. The van der Waals surface area contributed by atoms with Gasteiger partial charge in [-0.1, -0.05) is 157 Å². The summed E-state index contributed by atoms with van der Waals surface area (Å²) in [6.45, 7) is 9.92. The molecular weight excluding hydrogens is 835 g/mol. The quantitative estimate of drug-likeness (QED) is 0.0253. The maximum absolute atomic E-state index is 13.4. The number of hydrogen-bond donors (Lipinski definition) is 3. The van der Waals surface area contributed by atoms with Gasteiger partial charge in [-0.25, -0.2) is 4.18 Å². The zero-order valence-corrected chi connectivity index (χ0v) is 39.9. The molecule has 5 rings (SSSR count). The number of esters is 1. The van der Waals surface area contributed by atoms with Crippen molar-refractivity contribution in [1.82, 2.24) is 5.32 Å². The van der Waals surface area contributed by atoms with Crippen molar-refractivity contribution < 1.29 is 45.7 Å². The Bertz CT molecular complexity index is 2170. The average molecular weight is 906 g/mol. The molecule has 11 nitrogen and oxygen atoms in total. The summed E-state index contributed by atoms with van der Waals surface area (Å²) in [7, 11) is -7.52. The van der Waals surface area contributed by atoms with Crippen LogP contribution in [0, 0.1) is 0 Å². The van der Waals surface area contributed by atoms with E-state index < -0.39 is 61.2 Å². The Morgan fingerprint density at radius 3 is 1.67 bits per heavy atom. The van der Waals surface area contributed by atoms with Crippen LogP contribution >= 0.6 is 0 Å². The number of aryl methyl sites for hydroxylation is 2. The van der Waals surface area contributed by atoms with Crippen LogP contribution in [0.3, 0.4) is 0 Å². The Balaban J connectivity index is 1.10. The molecule has 0 saturated carbocycles. The lowest BCUT2D eigenvalue weighted by atomic mass is 9.96. The van der Waals surface area contributed by atoms with Crippen LogP contribution in [0.1, 0.15) is 122 Å². The molecule has 1 heterocycles. The standard InChI is InChI=1S/C50H71NO10SSi/c1-50(2,3)63(4,5)58-36-43-47(61-62(55,56)57)48(60-45(53)29-17-13-9-7-11-15-23-38-31-33-40-25-19-21-27-42(40)35-38)46(49(54)59-43)51-44(52)28-16-12-8-6-10-14-22-37-30-32-39-24-18-20-26-41(39)34-37/h18-21,24-27,30-35,43,46-49,54H,6-17,22-23,28-29,36H2,1-5H3,(H,51,52)(H,55,56,57)/t43-,46-,47-,48-,49?/m1/s1. The molecule has 1 unspecified atom stereocenters. The van der Waals surface area contributed by atoms with Gasteiger partial charge in [0.25, 0.3) is 0 Å². The van der Waals surface area contributed by atoms with Crippen molar-refractivity contribution in [2.45, 2.75) is 172 Å². The van der Waals surface area contributed by atoms with E-state index in [1.54, 1.807) is 0 Å². The molecule has 1 aliphatic rings. The van der Waals surface area contributed by atoms with Gasteiger partial charge < -0.3 is 24.3 Å². The van der Waals surface area contributed by atoms with Gasteiger partial charge in [-0.2, -0.15) is 8.42 Å². The summed E-state index contributed by atoms with van der Waals surface area (Å²) in [5.74, 6) is -1.06. The zero-order valence-electron chi connectivity index (χ0n) is 38.1. The SMILES string of the molecule is CC(C)(C)[Si](C)(C)OC[C@H]1OC(O)[C@H](NC(=O)CCCCCCCCc2ccc3ccccc3c2)[C@@H](OC(=O)CCCCCCCCc2ccc3ccccc3c2)[C@@H]1OS(=O)(=O)O. The second-order valence-corrected chi connectivity index (χ2v) is 24.6. The lowest BCUT2D eigenvalue weighted by molar-refractivity contribution is -0.253. The first-order valence-electron chi connectivity index (χ1n) is 23.1. The third kappa shape index (κ3) is 16.4. The summed E-state index contributed by atoms with van der Waals surface area (Å²) in [4.78, 5) is 26.7. The van der Waals surface area contributed by atoms with E-state index in [9.17, 15) is 27.7 Å². The molecule has 3 N–H and O–H groups in total. The van der Waals surface area contributed by atoms with Crippen LogP contribution in [0.5, 0.6) is 0 Å². The van der Waals surface area contributed by atoms with Gasteiger partial charge in [0.15, 0.2) is 20.7 Å². The second kappa shape index (κ2) is 24.0. The van der Waals surface area contributed by atoms with Crippen molar-refractivity contribution >= 4 is 52.1 Å². The number of nitrogens with one attached hydrogen (secondary N) is 1. The molecule has 1 fully saturated rings. The van der Waals surface area contributed by atoms with E-state index in [0.29, 0.717) is 12.8 Å². The molecule has 0 aliphatic carbocycles. The van der Waals surface area contributed by atoms with Gasteiger partial charge in [0, 0.05) is 12.8 Å². The lowest BCUT2D eigenvalue weighted by Crippen LogP contribution is -2.66. The van der Waals surface area contributed by atoms with Crippen LogP contribution < -0.4 is 5.32 Å². The van der Waals surface area contributed by atoms with E-state index in [2.05, 4.69) is 78.1 Å². The van der Waals surface area contributed by atoms with Crippen LogP contribution in [-0.2, 0) is 50.9 Å². The van der Waals surface area contributed by atoms with E-state index in [-0.39, 0.29) is 24.5 Å². The predicted molar refractivity (Wildman–Crippen MR) is 252 cm³/mol. The van der Waals surface area contributed by atoms with Crippen LogP contribution in [0.4, 0.5) is 0 Å². The molecule has 0 spiro atoms. The number of aliphatic hydroxyl groups excluding tert-OH is 1. The van der Waals surface area contributed by atoms with E-state index in [1.165, 1.54) is 32.7 Å². The normalized spacial score (nSPS) is 19.6. The fourth-order valence-electron chi connectivity index (χ4n) is 8.00. The number of unbranched alkanes of at least 4 members (excludes halogenated alkanes) is 10. The van der Waals surface area contributed by atoms with Crippen LogP contribution in [0.2, 0.25) is 18.1 Å². The van der Waals surface area contributed by atoms with Crippen LogP contribution in [0.25, 0.3) is 21.5 Å². The predicted octanol–water partition coefficient (Wildman–Crippen LogP) is 10.6. The van der Waals surface area contributed by atoms with Gasteiger partial charge in [0.1, 0.15) is 18.2 Å². The summed E-state index contributed by atoms with van der Waals surface area (Å²) in [5, 5.41) is 18.8. The minimum Gasteiger partial charge on any atom is -0.457 e. The van der Waals surface area contributed by atoms with Gasteiger partial charge in [-0.3, -0.25) is 14.1 Å². The first-order valence-corrected chi connectivity index (χ1v) is 27.3. The van der Waals surface area contributed by atoms with E-state index in [1.807, 2.05) is 46.0 Å². The van der Waals surface area contributed by atoms with E-state index >= 15 is 0 Å². The number of aliphatic hydroxyl groups is 1. The summed E-state index contributed by atoms with van der Waals surface area (Å²) in [6, 6.07) is 28.6. The molecular formula is C50H71NO10SSi. The van der Waals surface area contributed by atoms with Gasteiger partial charge in [-0.15, -0.1) is 0 Å². The van der Waals surface area contributed by atoms with Gasteiger partial charge in [-0.05, 0) is 89.3 Å².